The van der Waals surface area contributed by atoms with Crippen LogP contribution in [0.2, 0.25) is 0 Å². The standard InChI is InChI=1S/C22H24N3OP/c26-27-24(20-12-6-2-7-13-20)18-22(25(27)21-14-8-3-9-15-21)16-17-23-19-10-4-1-5-11-19/h1-15,22-23,27H,16-18H2/t22-/m0/s1. The number of hydrogen-bond donors (Lipinski definition) is 1. The summed E-state index contributed by atoms with van der Waals surface area (Å²) >= 11 is 0. The minimum Gasteiger partial charge on any atom is -0.644 e. The molecule has 0 saturated carbocycles. The molecule has 1 aliphatic heterocycles. The van der Waals surface area contributed by atoms with Crippen molar-refractivity contribution in [2.75, 3.05) is 27.7 Å². The van der Waals surface area contributed by atoms with Gasteiger partial charge in [0.25, 0.3) is 0 Å². The normalized spacial score (nSPS) is 19.3. The third kappa shape index (κ3) is 4.08. The summed E-state index contributed by atoms with van der Waals surface area (Å²) in [5, 5.41) is 3.48. The molecule has 4 rings (SSSR count). The van der Waals surface area contributed by atoms with Crippen LogP contribution in [0.5, 0.6) is 0 Å². The van der Waals surface area contributed by atoms with Crippen LogP contribution in [0.25, 0.3) is 0 Å². The molecule has 138 valence electrons. The quantitative estimate of drug-likeness (QED) is 0.654. The Labute approximate surface area is 162 Å². The van der Waals surface area contributed by atoms with Crippen LogP contribution in [-0.2, 0) is 0 Å². The Bertz CT molecular complexity index is 832. The van der Waals surface area contributed by atoms with Crippen molar-refractivity contribution >= 4 is 25.5 Å². The van der Waals surface area contributed by atoms with Crippen LogP contribution in [0, 0.1) is 0 Å². The summed E-state index contributed by atoms with van der Waals surface area (Å²) in [4.78, 5) is 13.4. The van der Waals surface area contributed by atoms with Crippen molar-refractivity contribution in [3.63, 3.8) is 0 Å². The molecule has 1 aliphatic rings. The van der Waals surface area contributed by atoms with Crippen LogP contribution in [0.1, 0.15) is 6.42 Å². The van der Waals surface area contributed by atoms with Gasteiger partial charge < -0.3 is 10.2 Å². The van der Waals surface area contributed by atoms with Crippen molar-refractivity contribution in [3.05, 3.63) is 91.0 Å². The average molecular weight is 377 g/mol. The molecule has 3 aromatic carbocycles. The van der Waals surface area contributed by atoms with E-state index in [0.717, 1.165) is 36.6 Å². The molecule has 4 nitrogen and oxygen atoms in total. The highest BCUT2D eigenvalue weighted by Gasteiger charge is 2.40. The summed E-state index contributed by atoms with van der Waals surface area (Å²) in [6, 6.07) is 30.6. The Kier molecular flexibility index (Phi) is 5.57. The molecule has 0 amide bonds. The molecular weight excluding hydrogens is 353 g/mol. The predicted molar refractivity (Wildman–Crippen MR) is 114 cm³/mol. The largest absolute Gasteiger partial charge is 0.644 e. The van der Waals surface area contributed by atoms with Gasteiger partial charge in [-0.15, -0.1) is 0 Å². The van der Waals surface area contributed by atoms with Crippen molar-refractivity contribution in [2.45, 2.75) is 12.5 Å². The molecule has 27 heavy (non-hydrogen) atoms. The van der Waals surface area contributed by atoms with E-state index in [0.29, 0.717) is 0 Å². The van der Waals surface area contributed by atoms with E-state index in [2.05, 4.69) is 38.9 Å². The van der Waals surface area contributed by atoms with E-state index in [9.17, 15) is 4.89 Å². The zero-order chi connectivity index (χ0) is 18.5. The molecule has 1 N–H and O–H groups in total. The van der Waals surface area contributed by atoms with Gasteiger partial charge in [-0.25, -0.2) is 9.34 Å². The van der Waals surface area contributed by atoms with Gasteiger partial charge in [0.2, 0.25) is 0 Å². The van der Waals surface area contributed by atoms with Crippen LogP contribution >= 0.6 is 8.45 Å². The first-order chi connectivity index (χ1) is 13.3. The first kappa shape index (κ1) is 17.8. The molecule has 1 saturated heterocycles. The lowest BCUT2D eigenvalue weighted by Gasteiger charge is -2.29. The third-order valence-corrected chi connectivity index (χ3v) is 6.82. The van der Waals surface area contributed by atoms with Crippen molar-refractivity contribution < 1.29 is 4.89 Å². The SMILES string of the molecule is [O-][PH+]1N(c2ccccc2)C[C@H](CCNc2ccccc2)N1c1ccccc1. The molecule has 1 unspecified atom stereocenters. The summed E-state index contributed by atoms with van der Waals surface area (Å²) in [5.41, 5.74) is 3.18. The monoisotopic (exact) mass is 377 g/mol. The summed E-state index contributed by atoms with van der Waals surface area (Å²) in [7, 11) is -2.09. The van der Waals surface area contributed by atoms with Gasteiger partial charge in [0, 0.05) is 12.2 Å². The highest BCUT2D eigenvalue weighted by atomic mass is 31.2. The fourth-order valence-corrected chi connectivity index (χ4v) is 5.44. The van der Waals surface area contributed by atoms with Crippen LogP contribution in [0.15, 0.2) is 91.0 Å². The number of nitrogens with zero attached hydrogens (tertiary/aromatic N) is 2. The second-order valence-electron chi connectivity index (χ2n) is 6.67. The van der Waals surface area contributed by atoms with Crippen molar-refractivity contribution in [2.24, 2.45) is 0 Å². The van der Waals surface area contributed by atoms with Crippen molar-refractivity contribution in [1.29, 1.82) is 0 Å². The fraction of sp³-hybridized carbons (Fsp3) is 0.182. The Morgan fingerprint density at radius 2 is 1.37 bits per heavy atom. The van der Waals surface area contributed by atoms with Gasteiger partial charge in [0.15, 0.2) is 0 Å². The lowest BCUT2D eigenvalue weighted by Crippen LogP contribution is -2.31. The zero-order valence-electron chi connectivity index (χ0n) is 15.2. The highest BCUT2D eigenvalue weighted by Crippen LogP contribution is 2.50. The zero-order valence-corrected chi connectivity index (χ0v) is 16.2. The van der Waals surface area contributed by atoms with Gasteiger partial charge in [0.05, 0.1) is 24.0 Å². The van der Waals surface area contributed by atoms with Crippen molar-refractivity contribution in [3.8, 4) is 0 Å². The van der Waals surface area contributed by atoms with Gasteiger partial charge in [-0.05, 0) is 42.8 Å². The number of hydrogen-bond acceptors (Lipinski definition) is 4. The van der Waals surface area contributed by atoms with E-state index in [1.54, 1.807) is 0 Å². The minimum atomic E-state index is -2.09. The Morgan fingerprint density at radius 3 is 2.00 bits per heavy atom. The van der Waals surface area contributed by atoms with Gasteiger partial charge in [-0.1, -0.05) is 54.6 Å². The first-order valence-electron chi connectivity index (χ1n) is 9.33. The average Bonchev–Trinajstić information content (AvgIpc) is 3.06. The first-order valence-corrected chi connectivity index (χ1v) is 10.6. The fourth-order valence-electron chi connectivity index (χ4n) is 3.55. The lowest BCUT2D eigenvalue weighted by molar-refractivity contribution is -0.160. The predicted octanol–water partition coefficient (Wildman–Crippen LogP) is 4.20. The molecule has 1 fully saturated rings. The van der Waals surface area contributed by atoms with Crippen LogP contribution in [-0.4, -0.2) is 19.1 Å². The molecule has 0 spiro atoms. The second kappa shape index (κ2) is 8.43. The summed E-state index contributed by atoms with van der Waals surface area (Å²) < 4.78 is 4.18. The molecular formula is C22H24N3OP. The maximum Gasteiger partial charge on any atom is 0.140 e. The molecule has 5 heteroatoms. The Morgan fingerprint density at radius 1 is 0.815 bits per heavy atom. The smallest absolute Gasteiger partial charge is 0.140 e. The maximum atomic E-state index is 13.4. The van der Waals surface area contributed by atoms with Gasteiger partial charge in [0.1, 0.15) is 8.45 Å². The second-order valence-corrected chi connectivity index (χ2v) is 8.26. The molecule has 3 aromatic rings. The van der Waals surface area contributed by atoms with E-state index < -0.39 is 8.45 Å². The van der Waals surface area contributed by atoms with E-state index in [4.69, 9.17) is 0 Å². The number of rotatable bonds is 6. The van der Waals surface area contributed by atoms with Gasteiger partial charge >= 0.3 is 0 Å². The number of para-hydroxylation sites is 3. The highest BCUT2D eigenvalue weighted by molar-refractivity contribution is 7.54. The van der Waals surface area contributed by atoms with Crippen molar-refractivity contribution in [1.82, 2.24) is 0 Å². The maximum absolute atomic E-state index is 13.4. The van der Waals surface area contributed by atoms with E-state index in [1.807, 2.05) is 66.7 Å². The van der Waals surface area contributed by atoms with Crippen LogP contribution < -0.4 is 19.6 Å². The van der Waals surface area contributed by atoms with Crippen LogP contribution in [0.3, 0.4) is 0 Å². The van der Waals surface area contributed by atoms with Gasteiger partial charge in [-0.2, -0.15) is 0 Å². The molecule has 1 heterocycles. The number of benzene rings is 3. The van der Waals surface area contributed by atoms with E-state index >= 15 is 0 Å². The molecule has 0 bridgehead atoms. The molecule has 0 aliphatic carbocycles. The van der Waals surface area contributed by atoms with Crippen LogP contribution in [0.4, 0.5) is 17.1 Å². The number of nitrogens with one attached hydrogen (secondary N) is 1. The Balaban J connectivity index is 1.52. The van der Waals surface area contributed by atoms with Gasteiger partial charge in [-0.3, -0.25) is 0 Å². The summed E-state index contributed by atoms with van der Waals surface area (Å²) in [6.45, 7) is 1.61. The summed E-state index contributed by atoms with van der Waals surface area (Å²) in [6.07, 6.45) is 0.920. The van der Waals surface area contributed by atoms with E-state index in [1.165, 1.54) is 0 Å². The van der Waals surface area contributed by atoms with E-state index in [-0.39, 0.29) is 6.04 Å². The third-order valence-electron chi connectivity index (χ3n) is 4.88. The molecule has 0 aromatic heterocycles. The molecule has 0 radical (unpaired) electrons. The number of anilines is 3. The minimum absolute atomic E-state index is 0.204. The topological polar surface area (TPSA) is 41.6 Å². The molecule has 2 atom stereocenters. The lowest BCUT2D eigenvalue weighted by atomic mass is 10.1. The summed E-state index contributed by atoms with van der Waals surface area (Å²) in [5.74, 6) is 0. The Hall–Kier alpha value is -2.55.